The van der Waals surface area contributed by atoms with Gasteiger partial charge in [0.1, 0.15) is 11.2 Å². The molecule has 8 heteroatoms. The molecule has 3 rings (SSSR count). The Kier molecular flexibility index (Phi) is 4.13. The summed E-state index contributed by atoms with van der Waals surface area (Å²) in [5.41, 5.74) is 1.37. The third-order valence-corrected chi connectivity index (χ3v) is 5.61. The van der Waals surface area contributed by atoms with Crippen LogP contribution in [-0.4, -0.2) is 20.1 Å². The van der Waals surface area contributed by atoms with Crippen LogP contribution in [0.5, 0.6) is 0 Å². The molecule has 1 unspecified atom stereocenters. The first-order chi connectivity index (χ1) is 10.9. The highest BCUT2D eigenvalue weighted by molar-refractivity contribution is 8.00. The van der Waals surface area contributed by atoms with Gasteiger partial charge < -0.3 is 0 Å². The van der Waals surface area contributed by atoms with Crippen LogP contribution in [0.3, 0.4) is 0 Å². The van der Waals surface area contributed by atoms with Gasteiger partial charge in [-0.3, -0.25) is 9.69 Å². The van der Waals surface area contributed by atoms with Gasteiger partial charge in [-0.05, 0) is 42.0 Å². The third-order valence-electron chi connectivity index (χ3n) is 3.47. The second-order valence-electron chi connectivity index (χ2n) is 5.02. The zero-order chi connectivity index (χ0) is 16.6. The van der Waals surface area contributed by atoms with Gasteiger partial charge in [0, 0.05) is 5.69 Å². The van der Waals surface area contributed by atoms with Gasteiger partial charge in [0.25, 0.3) is 0 Å². The molecule has 0 aromatic heterocycles. The molecule has 1 fully saturated rings. The van der Waals surface area contributed by atoms with Gasteiger partial charge in [-0.2, -0.15) is 0 Å². The molecule has 2 N–H and O–H groups in total. The highest BCUT2D eigenvalue weighted by Crippen LogP contribution is 2.41. The number of nitrogens with zero attached hydrogens (tertiary/aromatic N) is 1. The van der Waals surface area contributed by atoms with Gasteiger partial charge >= 0.3 is 0 Å². The lowest BCUT2D eigenvalue weighted by atomic mass is 10.2. The molecule has 0 aliphatic carbocycles. The van der Waals surface area contributed by atoms with E-state index in [9.17, 15) is 17.6 Å². The molecular weight excluding hydrogens is 339 g/mol. The van der Waals surface area contributed by atoms with Gasteiger partial charge in [0.15, 0.2) is 0 Å². The van der Waals surface area contributed by atoms with E-state index in [0.29, 0.717) is 11.4 Å². The van der Waals surface area contributed by atoms with E-state index in [2.05, 4.69) is 0 Å². The van der Waals surface area contributed by atoms with Gasteiger partial charge in [-0.1, -0.05) is 12.1 Å². The average molecular weight is 352 g/mol. The molecule has 23 heavy (non-hydrogen) atoms. The van der Waals surface area contributed by atoms with Crippen LogP contribution in [-0.2, 0) is 14.8 Å². The first-order valence-corrected chi connectivity index (χ1v) is 9.28. The molecule has 1 saturated heterocycles. The van der Waals surface area contributed by atoms with Crippen LogP contribution in [0.15, 0.2) is 53.4 Å². The molecule has 0 radical (unpaired) electrons. The van der Waals surface area contributed by atoms with Crippen LogP contribution in [0.25, 0.3) is 0 Å². The lowest BCUT2D eigenvalue weighted by molar-refractivity contribution is -0.115. The fraction of sp³-hybridized carbons (Fsp3) is 0.133. The number of thioether (sulfide) groups is 1. The topological polar surface area (TPSA) is 80.5 Å². The minimum absolute atomic E-state index is 0.0149. The Labute approximate surface area is 137 Å². The van der Waals surface area contributed by atoms with Crippen molar-refractivity contribution in [3.8, 4) is 0 Å². The second-order valence-corrected chi connectivity index (χ2v) is 7.65. The zero-order valence-corrected chi connectivity index (χ0v) is 13.5. The number of nitrogens with two attached hydrogens (primary N) is 1. The molecule has 1 aliphatic rings. The van der Waals surface area contributed by atoms with Gasteiger partial charge in [0.2, 0.25) is 15.9 Å². The second kappa shape index (κ2) is 5.95. The van der Waals surface area contributed by atoms with Crippen LogP contribution in [0, 0.1) is 5.82 Å². The summed E-state index contributed by atoms with van der Waals surface area (Å²) in [6, 6.07) is 11.8. The van der Waals surface area contributed by atoms with Crippen molar-refractivity contribution in [3.63, 3.8) is 0 Å². The normalized spacial score (nSPS) is 18.4. The van der Waals surface area contributed by atoms with Crippen molar-refractivity contribution in [3.05, 3.63) is 59.9 Å². The van der Waals surface area contributed by atoms with Gasteiger partial charge in [0.05, 0.1) is 10.6 Å². The quantitative estimate of drug-likeness (QED) is 0.919. The lowest BCUT2D eigenvalue weighted by Crippen LogP contribution is -2.27. The van der Waals surface area contributed by atoms with E-state index in [-0.39, 0.29) is 22.0 Å². The molecule has 5 nitrogen and oxygen atoms in total. The van der Waals surface area contributed by atoms with E-state index in [1.807, 2.05) is 0 Å². The molecule has 0 saturated carbocycles. The van der Waals surface area contributed by atoms with Gasteiger partial charge in [-0.25, -0.2) is 17.9 Å². The number of carbonyl (C=O) groups excluding carboxylic acids is 1. The van der Waals surface area contributed by atoms with Crippen molar-refractivity contribution in [1.82, 2.24) is 0 Å². The Balaban J connectivity index is 1.95. The number of primary sulfonamides is 1. The lowest BCUT2D eigenvalue weighted by Gasteiger charge is -2.24. The Hall–Kier alpha value is -1.90. The van der Waals surface area contributed by atoms with Crippen molar-refractivity contribution in [2.45, 2.75) is 10.3 Å². The molecule has 2 aromatic rings. The number of hydrogen-bond acceptors (Lipinski definition) is 4. The number of sulfonamides is 1. The number of anilines is 1. The highest BCUT2D eigenvalue weighted by atomic mass is 32.2. The van der Waals surface area contributed by atoms with Crippen molar-refractivity contribution >= 4 is 33.4 Å². The van der Waals surface area contributed by atoms with Crippen LogP contribution < -0.4 is 10.0 Å². The number of carbonyl (C=O) groups is 1. The molecule has 120 valence electrons. The van der Waals surface area contributed by atoms with Crippen LogP contribution in [0.4, 0.5) is 10.1 Å². The molecule has 1 amide bonds. The van der Waals surface area contributed by atoms with E-state index in [1.165, 1.54) is 36.0 Å². The summed E-state index contributed by atoms with van der Waals surface area (Å²) in [5, 5.41) is 4.80. The first-order valence-electron chi connectivity index (χ1n) is 6.68. The highest BCUT2D eigenvalue weighted by Gasteiger charge is 2.34. The monoisotopic (exact) mass is 352 g/mol. The summed E-state index contributed by atoms with van der Waals surface area (Å²) >= 11 is 1.43. The summed E-state index contributed by atoms with van der Waals surface area (Å²) < 4.78 is 35.7. The van der Waals surface area contributed by atoms with E-state index in [1.54, 1.807) is 29.2 Å². The molecule has 0 spiro atoms. The Morgan fingerprint density at radius 3 is 2.26 bits per heavy atom. The summed E-state index contributed by atoms with van der Waals surface area (Å²) in [7, 11) is -3.78. The maximum absolute atomic E-state index is 13.1. The van der Waals surface area contributed by atoms with E-state index in [4.69, 9.17) is 5.14 Å². The largest absolute Gasteiger partial charge is 0.295 e. The number of halogens is 1. The summed E-state index contributed by atoms with van der Waals surface area (Å²) in [4.78, 5) is 13.8. The number of amides is 1. The van der Waals surface area contributed by atoms with Crippen molar-refractivity contribution < 1.29 is 17.6 Å². The van der Waals surface area contributed by atoms with Crippen molar-refractivity contribution in [2.24, 2.45) is 5.14 Å². The van der Waals surface area contributed by atoms with Crippen LogP contribution >= 0.6 is 11.8 Å². The molecule has 2 aromatic carbocycles. The molecule has 0 bridgehead atoms. The van der Waals surface area contributed by atoms with E-state index < -0.39 is 10.0 Å². The predicted molar refractivity (Wildman–Crippen MR) is 86.9 cm³/mol. The third kappa shape index (κ3) is 3.24. The Morgan fingerprint density at radius 2 is 1.70 bits per heavy atom. The minimum atomic E-state index is -3.78. The van der Waals surface area contributed by atoms with E-state index >= 15 is 0 Å². The van der Waals surface area contributed by atoms with E-state index in [0.717, 1.165) is 5.56 Å². The predicted octanol–water partition coefficient (Wildman–Crippen LogP) is 2.25. The van der Waals surface area contributed by atoms with Crippen molar-refractivity contribution in [1.29, 1.82) is 0 Å². The fourth-order valence-electron chi connectivity index (χ4n) is 2.37. The smallest absolute Gasteiger partial charge is 0.238 e. The molecule has 1 atom stereocenters. The molecule has 1 aliphatic heterocycles. The standard InChI is InChI=1S/C15H13FN2O3S2/c16-11-3-1-10(2-4-11)15-18(14(19)9-22-15)12-5-7-13(8-6-12)23(17,20)21/h1-8,15H,9H2,(H2,17,20,21). The average Bonchev–Trinajstić information content (AvgIpc) is 2.89. The number of hydrogen-bond donors (Lipinski definition) is 1. The Bertz CT molecular complexity index is 836. The maximum Gasteiger partial charge on any atom is 0.238 e. The SMILES string of the molecule is NS(=O)(=O)c1ccc(N2C(=O)CSC2c2ccc(F)cc2)cc1. The van der Waals surface area contributed by atoms with Crippen molar-refractivity contribution in [2.75, 3.05) is 10.7 Å². The first kappa shape index (κ1) is 16.0. The zero-order valence-electron chi connectivity index (χ0n) is 11.8. The fourth-order valence-corrected chi connectivity index (χ4v) is 4.07. The van der Waals surface area contributed by atoms with Crippen LogP contribution in [0.1, 0.15) is 10.9 Å². The maximum atomic E-state index is 13.1. The number of benzene rings is 2. The Morgan fingerprint density at radius 1 is 1.09 bits per heavy atom. The summed E-state index contributed by atoms with van der Waals surface area (Å²) in [6.45, 7) is 0. The van der Waals surface area contributed by atoms with Crippen LogP contribution in [0.2, 0.25) is 0 Å². The van der Waals surface area contributed by atoms with Gasteiger partial charge in [-0.15, -0.1) is 11.8 Å². The summed E-state index contributed by atoms with van der Waals surface area (Å²) in [6.07, 6.45) is 0. The molecular formula is C15H13FN2O3S2. The molecule has 1 heterocycles. The number of rotatable bonds is 3. The summed E-state index contributed by atoms with van der Waals surface area (Å²) in [5.74, 6) is -0.126. The minimum Gasteiger partial charge on any atom is -0.295 e.